The predicted molar refractivity (Wildman–Crippen MR) is 125 cm³/mol. The van der Waals surface area contributed by atoms with Crippen molar-refractivity contribution in [1.29, 1.82) is 0 Å². The number of ether oxygens (including phenoxy) is 1. The third-order valence-electron chi connectivity index (χ3n) is 6.31. The Hall–Kier alpha value is -2.12. The zero-order valence-electron chi connectivity index (χ0n) is 19.5. The van der Waals surface area contributed by atoms with E-state index in [2.05, 4.69) is 46.7 Å². The van der Waals surface area contributed by atoms with Crippen molar-refractivity contribution >= 4 is 11.9 Å². The highest BCUT2D eigenvalue weighted by Gasteiger charge is 2.42. The summed E-state index contributed by atoms with van der Waals surface area (Å²) in [6.45, 7) is 8.73. The highest BCUT2D eigenvalue weighted by Crippen LogP contribution is 2.38. The Morgan fingerprint density at radius 2 is 1.74 bits per heavy atom. The summed E-state index contributed by atoms with van der Waals surface area (Å²) in [5.74, 6) is 1.00. The van der Waals surface area contributed by atoms with Gasteiger partial charge in [-0.05, 0) is 30.9 Å². The molecule has 1 heterocycles. The Balaban J connectivity index is 1.56. The summed E-state index contributed by atoms with van der Waals surface area (Å²) in [6, 6.07) is 8.72. The topological polar surface area (TPSA) is 69.2 Å². The molecular weight excluding hydrogens is 390 g/mol. The molecule has 2 fully saturated rings. The predicted octanol–water partition coefficient (Wildman–Crippen LogP) is 2.22. The Morgan fingerprint density at radius 1 is 1.10 bits per heavy atom. The molecule has 7 heteroatoms. The largest absolute Gasteiger partial charge is 0.379 e. The van der Waals surface area contributed by atoms with E-state index >= 15 is 0 Å². The molecular formula is C24H39N5O2. The number of nitrogens with one attached hydrogen (secondary N) is 2. The van der Waals surface area contributed by atoms with E-state index in [0.717, 1.165) is 71.0 Å². The smallest absolute Gasteiger partial charge is 0.230 e. The standard InChI is InChI=1S/C24H39N5O2/c1-4-25-23(27-19-24(11-5-6-12-24)22(30)28(2)3)26-17-20-7-9-21(10-8-20)18-29-13-15-31-16-14-29/h7-10H,4-6,11-19H2,1-3H3,(H2,25,26,27). The Bertz CT molecular complexity index is 720. The number of hydrogen-bond acceptors (Lipinski definition) is 4. The molecule has 1 aromatic carbocycles. The maximum Gasteiger partial charge on any atom is 0.230 e. The number of carbonyl (C=O) groups excluding carboxylic acids is 1. The fourth-order valence-corrected chi connectivity index (χ4v) is 4.52. The number of carbonyl (C=O) groups is 1. The van der Waals surface area contributed by atoms with Crippen LogP contribution >= 0.6 is 0 Å². The van der Waals surface area contributed by atoms with Gasteiger partial charge >= 0.3 is 0 Å². The number of guanidine groups is 1. The summed E-state index contributed by atoms with van der Waals surface area (Å²) in [5.41, 5.74) is 2.20. The van der Waals surface area contributed by atoms with Gasteiger partial charge in [0.2, 0.25) is 5.91 Å². The average molecular weight is 430 g/mol. The lowest BCUT2D eigenvalue weighted by atomic mass is 9.84. The molecule has 7 nitrogen and oxygen atoms in total. The van der Waals surface area contributed by atoms with Crippen LogP contribution < -0.4 is 10.6 Å². The van der Waals surface area contributed by atoms with Crippen LogP contribution in [0, 0.1) is 5.41 Å². The molecule has 0 radical (unpaired) electrons. The van der Waals surface area contributed by atoms with Crippen molar-refractivity contribution in [3.05, 3.63) is 35.4 Å². The minimum Gasteiger partial charge on any atom is -0.379 e. The van der Waals surface area contributed by atoms with Crippen molar-refractivity contribution in [2.45, 2.75) is 45.7 Å². The highest BCUT2D eigenvalue weighted by atomic mass is 16.5. The Morgan fingerprint density at radius 3 is 2.35 bits per heavy atom. The van der Waals surface area contributed by atoms with Gasteiger partial charge in [0.05, 0.1) is 25.2 Å². The SMILES string of the molecule is CCNC(=NCc1ccc(CN2CCOCC2)cc1)NCC1(C(=O)N(C)C)CCCC1. The van der Waals surface area contributed by atoms with Crippen LogP contribution in [-0.4, -0.2) is 75.2 Å². The second-order valence-electron chi connectivity index (χ2n) is 8.94. The molecule has 1 saturated carbocycles. The summed E-state index contributed by atoms with van der Waals surface area (Å²) in [6.07, 6.45) is 4.12. The summed E-state index contributed by atoms with van der Waals surface area (Å²) >= 11 is 0. The summed E-state index contributed by atoms with van der Waals surface area (Å²) in [4.78, 5) is 21.7. The molecule has 3 rings (SSSR count). The summed E-state index contributed by atoms with van der Waals surface area (Å²) in [7, 11) is 3.70. The molecule has 0 spiro atoms. The van der Waals surface area contributed by atoms with Crippen molar-refractivity contribution < 1.29 is 9.53 Å². The maximum absolute atomic E-state index is 12.8. The Labute approximate surface area is 187 Å². The first-order valence-electron chi connectivity index (χ1n) is 11.6. The monoisotopic (exact) mass is 429 g/mol. The number of nitrogens with zero attached hydrogens (tertiary/aromatic N) is 3. The fraction of sp³-hybridized carbons (Fsp3) is 0.667. The van der Waals surface area contributed by atoms with Gasteiger partial charge in [-0.1, -0.05) is 37.1 Å². The third kappa shape index (κ3) is 6.68. The highest BCUT2D eigenvalue weighted by molar-refractivity contribution is 5.85. The molecule has 2 aliphatic rings. The third-order valence-corrected chi connectivity index (χ3v) is 6.31. The number of aliphatic imine (C=N–C) groups is 1. The quantitative estimate of drug-likeness (QED) is 0.490. The fourth-order valence-electron chi connectivity index (χ4n) is 4.52. The molecule has 0 bridgehead atoms. The minimum atomic E-state index is -0.305. The second kappa shape index (κ2) is 11.5. The lowest BCUT2D eigenvalue weighted by Crippen LogP contribution is -2.49. The molecule has 1 aliphatic carbocycles. The first kappa shape index (κ1) is 23.5. The summed E-state index contributed by atoms with van der Waals surface area (Å²) in [5, 5.41) is 6.77. The lowest BCUT2D eigenvalue weighted by molar-refractivity contribution is -0.138. The number of hydrogen-bond donors (Lipinski definition) is 2. The number of amides is 1. The van der Waals surface area contributed by atoms with E-state index in [1.165, 1.54) is 11.1 Å². The maximum atomic E-state index is 12.8. The first-order chi connectivity index (χ1) is 15.0. The van der Waals surface area contributed by atoms with Gasteiger partial charge in [0, 0.05) is 46.8 Å². The van der Waals surface area contributed by atoms with Crippen molar-refractivity contribution in [2.24, 2.45) is 10.4 Å². The van der Waals surface area contributed by atoms with Crippen LogP contribution in [0.3, 0.4) is 0 Å². The van der Waals surface area contributed by atoms with Crippen LogP contribution in [0.5, 0.6) is 0 Å². The average Bonchev–Trinajstić information content (AvgIpc) is 3.27. The van der Waals surface area contributed by atoms with E-state index in [1.54, 1.807) is 4.90 Å². The van der Waals surface area contributed by atoms with Gasteiger partial charge in [0.15, 0.2) is 5.96 Å². The van der Waals surface area contributed by atoms with Crippen molar-refractivity contribution in [3.8, 4) is 0 Å². The van der Waals surface area contributed by atoms with Gasteiger partial charge in [-0.15, -0.1) is 0 Å². The van der Waals surface area contributed by atoms with E-state index in [4.69, 9.17) is 9.73 Å². The van der Waals surface area contributed by atoms with Crippen molar-refractivity contribution in [3.63, 3.8) is 0 Å². The zero-order valence-corrected chi connectivity index (χ0v) is 19.5. The zero-order chi connectivity index (χ0) is 22.1. The van der Waals surface area contributed by atoms with Crippen LogP contribution in [0.15, 0.2) is 29.3 Å². The lowest BCUT2D eigenvalue weighted by Gasteiger charge is -2.31. The molecule has 0 unspecified atom stereocenters. The number of rotatable bonds is 8. The number of benzene rings is 1. The van der Waals surface area contributed by atoms with E-state index < -0.39 is 0 Å². The molecule has 172 valence electrons. The summed E-state index contributed by atoms with van der Waals surface area (Å²) < 4.78 is 5.42. The van der Waals surface area contributed by atoms with Gasteiger partial charge in [0.25, 0.3) is 0 Å². The molecule has 1 amide bonds. The van der Waals surface area contributed by atoms with Gasteiger partial charge < -0.3 is 20.3 Å². The molecule has 0 aromatic heterocycles. The Kier molecular flexibility index (Phi) is 8.72. The normalized spacial score (nSPS) is 19.3. The second-order valence-corrected chi connectivity index (χ2v) is 8.94. The van der Waals surface area contributed by atoms with Crippen LogP contribution in [0.25, 0.3) is 0 Å². The van der Waals surface area contributed by atoms with Crippen molar-refractivity contribution in [1.82, 2.24) is 20.4 Å². The van der Waals surface area contributed by atoms with E-state index in [9.17, 15) is 4.79 Å². The molecule has 0 atom stereocenters. The molecule has 2 N–H and O–H groups in total. The number of morpholine rings is 1. The van der Waals surface area contributed by atoms with E-state index in [-0.39, 0.29) is 11.3 Å². The van der Waals surface area contributed by atoms with Gasteiger partial charge in [-0.25, -0.2) is 4.99 Å². The van der Waals surface area contributed by atoms with Crippen LogP contribution in [0.4, 0.5) is 0 Å². The van der Waals surface area contributed by atoms with E-state index in [0.29, 0.717) is 13.1 Å². The van der Waals surface area contributed by atoms with Crippen LogP contribution in [0.1, 0.15) is 43.7 Å². The molecule has 31 heavy (non-hydrogen) atoms. The van der Waals surface area contributed by atoms with Crippen LogP contribution in [-0.2, 0) is 22.6 Å². The van der Waals surface area contributed by atoms with Gasteiger partial charge in [-0.3, -0.25) is 9.69 Å². The van der Waals surface area contributed by atoms with Crippen molar-refractivity contribution in [2.75, 3.05) is 53.5 Å². The molecule has 1 aliphatic heterocycles. The van der Waals surface area contributed by atoms with Gasteiger partial charge in [0.1, 0.15) is 0 Å². The minimum absolute atomic E-state index is 0.226. The van der Waals surface area contributed by atoms with E-state index in [1.807, 2.05) is 14.1 Å². The van der Waals surface area contributed by atoms with Gasteiger partial charge in [-0.2, -0.15) is 0 Å². The molecule has 1 aromatic rings. The van der Waals surface area contributed by atoms with Crippen LogP contribution in [0.2, 0.25) is 0 Å². The first-order valence-corrected chi connectivity index (χ1v) is 11.6. The molecule has 1 saturated heterocycles.